The highest BCUT2D eigenvalue weighted by Gasteiger charge is 2.00. The van der Waals surface area contributed by atoms with E-state index in [1.165, 1.54) is 0 Å². The Hall–Kier alpha value is -1.59. The summed E-state index contributed by atoms with van der Waals surface area (Å²) >= 11 is 0. The highest BCUT2D eigenvalue weighted by Crippen LogP contribution is 2.10. The van der Waals surface area contributed by atoms with Crippen LogP contribution in [-0.4, -0.2) is 37.8 Å². The van der Waals surface area contributed by atoms with Crippen LogP contribution in [0.25, 0.3) is 0 Å². The average Bonchev–Trinajstić information content (AvgIpc) is 2.29. The lowest BCUT2D eigenvalue weighted by atomic mass is 10.2. The van der Waals surface area contributed by atoms with Crippen molar-refractivity contribution in [3.63, 3.8) is 0 Å². The summed E-state index contributed by atoms with van der Waals surface area (Å²) in [6.07, 6.45) is 0. The molecule has 3 N–H and O–H groups in total. The van der Waals surface area contributed by atoms with Crippen LogP contribution in [0.4, 0.5) is 0 Å². The fourth-order valence-electron chi connectivity index (χ4n) is 1.34. The molecule has 0 spiro atoms. The van der Waals surface area contributed by atoms with Gasteiger partial charge in [0.05, 0.1) is 13.2 Å². The number of methoxy groups -OCH3 is 1. The van der Waals surface area contributed by atoms with Crippen LogP contribution >= 0.6 is 0 Å². The number of hydrogen-bond donors (Lipinski definition) is 3. The fourth-order valence-corrected chi connectivity index (χ4v) is 1.34. The standard InChI is InChI=1S/C12H18N2O3/c1-17-6-5-14-12(16)9-13-8-10-3-2-4-11(15)7-10/h2-4,7,13,15H,5-6,8-9H2,1H3,(H,14,16). The molecule has 0 saturated carbocycles. The molecular weight excluding hydrogens is 220 g/mol. The van der Waals surface area contributed by atoms with E-state index in [2.05, 4.69) is 10.6 Å². The zero-order valence-corrected chi connectivity index (χ0v) is 9.90. The van der Waals surface area contributed by atoms with Crippen molar-refractivity contribution < 1.29 is 14.6 Å². The maximum Gasteiger partial charge on any atom is 0.234 e. The fraction of sp³-hybridized carbons (Fsp3) is 0.417. The molecule has 5 nitrogen and oxygen atoms in total. The molecule has 0 aliphatic heterocycles. The van der Waals surface area contributed by atoms with Gasteiger partial charge in [-0.1, -0.05) is 12.1 Å². The molecule has 0 aliphatic carbocycles. The van der Waals surface area contributed by atoms with Crippen LogP contribution in [0.5, 0.6) is 5.75 Å². The molecule has 1 aromatic carbocycles. The predicted molar refractivity (Wildman–Crippen MR) is 64.7 cm³/mol. The maximum atomic E-state index is 11.3. The van der Waals surface area contributed by atoms with Gasteiger partial charge in [0.2, 0.25) is 5.91 Å². The van der Waals surface area contributed by atoms with Crippen molar-refractivity contribution in [2.75, 3.05) is 26.8 Å². The van der Waals surface area contributed by atoms with Gasteiger partial charge in [-0.05, 0) is 17.7 Å². The second kappa shape index (κ2) is 7.65. The number of phenols is 1. The number of phenolic OH excluding ortho intramolecular Hbond substituents is 1. The third-order valence-electron chi connectivity index (χ3n) is 2.15. The van der Waals surface area contributed by atoms with Crippen LogP contribution in [0.1, 0.15) is 5.56 Å². The zero-order valence-electron chi connectivity index (χ0n) is 9.90. The van der Waals surface area contributed by atoms with Crippen LogP contribution in [0.15, 0.2) is 24.3 Å². The summed E-state index contributed by atoms with van der Waals surface area (Å²) in [6, 6.07) is 6.93. The van der Waals surface area contributed by atoms with E-state index in [9.17, 15) is 9.90 Å². The Morgan fingerprint density at radius 1 is 1.47 bits per heavy atom. The van der Waals surface area contributed by atoms with Crippen molar-refractivity contribution in [3.8, 4) is 5.75 Å². The van der Waals surface area contributed by atoms with Gasteiger partial charge >= 0.3 is 0 Å². The van der Waals surface area contributed by atoms with Gasteiger partial charge in [-0.25, -0.2) is 0 Å². The van der Waals surface area contributed by atoms with Gasteiger partial charge in [0.1, 0.15) is 5.75 Å². The number of ether oxygens (including phenoxy) is 1. The molecule has 1 aromatic rings. The minimum absolute atomic E-state index is 0.0674. The third-order valence-corrected chi connectivity index (χ3v) is 2.15. The molecule has 5 heteroatoms. The van der Waals surface area contributed by atoms with Gasteiger partial charge in [0, 0.05) is 20.2 Å². The first-order valence-electron chi connectivity index (χ1n) is 5.46. The van der Waals surface area contributed by atoms with Gasteiger partial charge in [0.15, 0.2) is 0 Å². The predicted octanol–water partition coefficient (Wildman–Crippen LogP) is 0.244. The number of benzene rings is 1. The minimum atomic E-state index is -0.0674. The average molecular weight is 238 g/mol. The summed E-state index contributed by atoms with van der Waals surface area (Å²) < 4.78 is 4.82. The molecule has 1 rings (SSSR count). The Balaban J connectivity index is 2.17. The topological polar surface area (TPSA) is 70.6 Å². The van der Waals surface area contributed by atoms with E-state index in [1.807, 2.05) is 6.07 Å². The Kier molecular flexibility index (Phi) is 6.06. The van der Waals surface area contributed by atoms with Gasteiger partial charge in [-0.3, -0.25) is 4.79 Å². The van der Waals surface area contributed by atoms with Crippen LogP contribution in [0.2, 0.25) is 0 Å². The zero-order chi connectivity index (χ0) is 12.5. The van der Waals surface area contributed by atoms with Gasteiger partial charge in [-0.15, -0.1) is 0 Å². The van der Waals surface area contributed by atoms with E-state index in [0.29, 0.717) is 19.7 Å². The molecule has 0 aliphatic rings. The Morgan fingerprint density at radius 2 is 2.29 bits per heavy atom. The first kappa shape index (κ1) is 13.5. The molecule has 1 amide bonds. The van der Waals surface area contributed by atoms with Crippen molar-refractivity contribution in [2.45, 2.75) is 6.54 Å². The van der Waals surface area contributed by atoms with E-state index in [-0.39, 0.29) is 18.2 Å². The molecule has 94 valence electrons. The van der Waals surface area contributed by atoms with Crippen LogP contribution in [0.3, 0.4) is 0 Å². The van der Waals surface area contributed by atoms with E-state index < -0.39 is 0 Å². The SMILES string of the molecule is COCCNC(=O)CNCc1cccc(O)c1. The molecule has 0 fully saturated rings. The largest absolute Gasteiger partial charge is 0.508 e. The Morgan fingerprint density at radius 3 is 3.00 bits per heavy atom. The van der Waals surface area contributed by atoms with Crippen molar-refractivity contribution in [1.29, 1.82) is 0 Å². The number of carbonyl (C=O) groups excluding carboxylic acids is 1. The van der Waals surface area contributed by atoms with Gasteiger partial charge < -0.3 is 20.5 Å². The van der Waals surface area contributed by atoms with Crippen molar-refractivity contribution in [2.24, 2.45) is 0 Å². The van der Waals surface area contributed by atoms with Crippen LogP contribution < -0.4 is 10.6 Å². The number of rotatable bonds is 7. The van der Waals surface area contributed by atoms with Crippen molar-refractivity contribution >= 4 is 5.91 Å². The first-order chi connectivity index (χ1) is 8.22. The quantitative estimate of drug-likeness (QED) is 0.595. The number of carbonyl (C=O) groups is 1. The number of amides is 1. The summed E-state index contributed by atoms with van der Waals surface area (Å²) in [6.45, 7) is 1.83. The van der Waals surface area contributed by atoms with E-state index in [1.54, 1.807) is 25.3 Å². The lowest BCUT2D eigenvalue weighted by Gasteiger charge is -2.06. The Bertz CT molecular complexity index is 355. The first-order valence-corrected chi connectivity index (χ1v) is 5.46. The second-order valence-electron chi connectivity index (χ2n) is 3.62. The van der Waals surface area contributed by atoms with E-state index >= 15 is 0 Å². The minimum Gasteiger partial charge on any atom is -0.508 e. The number of aromatic hydroxyl groups is 1. The third kappa shape index (κ3) is 5.89. The van der Waals surface area contributed by atoms with Gasteiger partial charge in [-0.2, -0.15) is 0 Å². The highest BCUT2D eigenvalue weighted by molar-refractivity contribution is 5.77. The molecule has 0 aromatic heterocycles. The number of hydrogen-bond acceptors (Lipinski definition) is 4. The molecule has 0 bridgehead atoms. The second-order valence-corrected chi connectivity index (χ2v) is 3.62. The summed E-state index contributed by atoms with van der Waals surface area (Å²) in [4.78, 5) is 11.3. The summed E-state index contributed by atoms with van der Waals surface area (Å²) in [5.74, 6) is 0.163. The van der Waals surface area contributed by atoms with Crippen LogP contribution in [0, 0.1) is 0 Å². The lowest BCUT2D eigenvalue weighted by molar-refractivity contribution is -0.120. The van der Waals surface area contributed by atoms with E-state index in [0.717, 1.165) is 5.56 Å². The van der Waals surface area contributed by atoms with E-state index in [4.69, 9.17) is 4.74 Å². The molecular formula is C12H18N2O3. The number of nitrogens with one attached hydrogen (secondary N) is 2. The van der Waals surface area contributed by atoms with Crippen molar-refractivity contribution in [1.82, 2.24) is 10.6 Å². The normalized spacial score (nSPS) is 10.2. The molecule has 17 heavy (non-hydrogen) atoms. The molecule has 0 unspecified atom stereocenters. The summed E-state index contributed by atoms with van der Waals surface area (Å²) in [5, 5.41) is 14.9. The lowest BCUT2D eigenvalue weighted by Crippen LogP contribution is -2.35. The smallest absolute Gasteiger partial charge is 0.234 e. The molecule has 0 saturated heterocycles. The molecule has 0 atom stereocenters. The molecule has 0 radical (unpaired) electrons. The monoisotopic (exact) mass is 238 g/mol. The highest BCUT2D eigenvalue weighted by atomic mass is 16.5. The maximum absolute atomic E-state index is 11.3. The van der Waals surface area contributed by atoms with Crippen LogP contribution in [-0.2, 0) is 16.1 Å². The molecule has 0 heterocycles. The summed E-state index contributed by atoms with van der Waals surface area (Å²) in [5.41, 5.74) is 0.940. The Labute approximate surface area is 101 Å². The van der Waals surface area contributed by atoms with Gasteiger partial charge in [0.25, 0.3) is 0 Å². The van der Waals surface area contributed by atoms with Crippen molar-refractivity contribution in [3.05, 3.63) is 29.8 Å². The summed E-state index contributed by atoms with van der Waals surface area (Å²) in [7, 11) is 1.59.